The van der Waals surface area contributed by atoms with E-state index in [1.807, 2.05) is 5.38 Å². The van der Waals surface area contributed by atoms with Gasteiger partial charge in [-0.3, -0.25) is 9.69 Å². The van der Waals surface area contributed by atoms with Gasteiger partial charge in [0.15, 0.2) is 5.13 Å². The van der Waals surface area contributed by atoms with E-state index in [1.54, 1.807) is 0 Å². The number of thiazole rings is 1. The molecule has 2 aliphatic heterocycles. The van der Waals surface area contributed by atoms with Gasteiger partial charge in [0.2, 0.25) is 5.91 Å². The van der Waals surface area contributed by atoms with E-state index in [9.17, 15) is 4.79 Å². The van der Waals surface area contributed by atoms with Crippen LogP contribution in [0.4, 0.5) is 5.13 Å². The van der Waals surface area contributed by atoms with Crippen LogP contribution in [-0.4, -0.2) is 53.7 Å². The number of nitrogens with one attached hydrogen (secondary N) is 2. The molecule has 2 saturated heterocycles. The van der Waals surface area contributed by atoms with Gasteiger partial charge in [-0.2, -0.15) is 0 Å². The predicted molar refractivity (Wildman–Crippen MR) is 87.1 cm³/mol. The molecule has 0 spiro atoms. The number of aromatic nitrogens is 1. The van der Waals surface area contributed by atoms with Crippen molar-refractivity contribution in [3.8, 4) is 0 Å². The van der Waals surface area contributed by atoms with Crippen LogP contribution in [0.1, 0.15) is 32.4 Å². The lowest BCUT2D eigenvalue weighted by Crippen LogP contribution is -2.44. The van der Waals surface area contributed by atoms with Gasteiger partial charge in [-0.05, 0) is 33.2 Å². The van der Waals surface area contributed by atoms with Crippen LogP contribution < -0.4 is 10.6 Å². The smallest absolute Gasteiger partial charge is 0.243 e. The van der Waals surface area contributed by atoms with Crippen molar-refractivity contribution in [2.24, 2.45) is 0 Å². The van der Waals surface area contributed by atoms with Crippen LogP contribution in [0, 0.1) is 0 Å². The average molecular weight is 324 g/mol. The lowest BCUT2D eigenvalue weighted by Gasteiger charge is -2.34. The molecule has 3 rings (SSSR count). The lowest BCUT2D eigenvalue weighted by atomic mass is 10.2. The summed E-state index contributed by atoms with van der Waals surface area (Å²) in [4.78, 5) is 19.0. The first kappa shape index (κ1) is 15.9. The third-order valence-electron chi connectivity index (χ3n) is 4.04. The normalized spacial score (nSPS) is 29.6. The van der Waals surface area contributed by atoms with Crippen LogP contribution in [0.2, 0.25) is 0 Å². The number of nitrogens with zero attached hydrogens (tertiary/aromatic N) is 2. The van der Waals surface area contributed by atoms with Gasteiger partial charge < -0.3 is 15.4 Å². The summed E-state index contributed by atoms with van der Waals surface area (Å²) < 4.78 is 5.75. The molecule has 0 bridgehead atoms. The number of hydrogen-bond acceptors (Lipinski definition) is 6. The summed E-state index contributed by atoms with van der Waals surface area (Å²) >= 11 is 1.50. The molecule has 3 atom stereocenters. The summed E-state index contributed by atoms with van der Waals surface area (Å²) in [6.07, 6.45) is 2.49. The number of anilines is 1. The van der Waals surface area contributed by atoms with Crippen LogP contribution >= 0.6 is 11.3 Å². The van der Waals surface area contributed by atoms with E-state index in [1.165, 1.54) is 11.3 Å². The molecule has 6 nitrogen and oxygen atoms in total. The zero-order valence-electron chi connectivity index (χ0n) is 13.2. The fourth-order valence-electron chi connectivity index (χ4n) is 3.18. The van der Waals surface area contributed by atoms with E-state index >= 15 is 0 Å². The number of carbonyl (C=O) groups excluding carboxylic acids is 1. The number of amides is 1. The second-order valence-electron chi connectivity index (χ2n) is 6.23. The monoisotopic (exact) mass is 324 g/mol. The minimum Gasteiger partial charge on any atom is -0.373 e. The Kier molecular flexibility index (Phi) is 5.07. The summed E-state index contributed by atoms with van der Waals surface area (Å²) in [6.45, 7) is 7.79. The van der Waals surface area contributed by atoms with Crippen LogP contribution in [-0.2, 0) is 16.1 Å². The quantitative estimate of drug-likeness (QED) is 0.877. The van der Waals surface area contributed by atoms with Crippen molar-refractivity contribution in [2.75, 3.05) is 25.0 Å². The third-order valence-corrected chi connectivity index (χ3v) is 4.85. The van der Waals surface area contributed by atoms with Crippen molar-refractivity contribution in [1.29, 1.82) is 0 Å². The summed E-state index contributed by atoms with van der Waals surface area (Å²) in [5.74, 6) is 0.0343. The summed E-state index contributed by atoms with van der Waals surface area (Å²) in [6, 6.07) is -0.0618. The Balaban J connectivity index is 1.53. The van der Waals surface area contributed by atoms with Crippen molar-refractivity contribution in [1.82, 2.24) is 15.2 Å². The highest BCUT2D eigenvalue weighted by Gasteiger charge is 2.24. The number of ether oxygens (including phenoxy) is 1. The van der Waals surface area contributed by atoms with Crippen LogP contribution in [0.25, 0.3) is 0 Å². The fourth-order valence-corrected chi connectivity index (χ4v) is 3.88. The second kappa shape index (κ2) is 7.04. The molecule has 0 aliphatic carbocycles. The predicted octanol–water partition coefficient (Wildman–Crippen LogP) is 1.44. The first-order valence-corrected chi connectivity index (χ1v) is 8.84. The molecule has 22 heavy (non-hydrogen) atoms. The van der Waals surface area contributed by atoms with Crippen molar-refractivity contribution >= 4 is 22.4 Å². The fraction of sp³-hybridized carbons (Fsp3) is 0.733. The van der Waals surface area contributed by atoms with Crippen molar-refractivity contribution in [3.05, 3.63) is 11.1 Å². The van der Waals surface area contributed by atoms with Gasteiger partial charge in [0.1, 0.15) is 0 Å². The molecule has 7 heteroatoms. The molecule has 2 fully saturated rings. The van der Waals surface area contributed by atoms with E-state index < -0.39 is 0 Å². The maximum absolute atomic E-state index is 12.1. The highest BCUT2D eigenvalue weighted by atomic mass is 32.1. The second-order valence-corrected chi connectivity index (χ2v) is 7.09. The van der Waals surface area contributed by atoms with E-state index in [-0.39, 0.29) is 24.2 Å². The molecule has 1 aromatic rings. The van der Waals surface area contributed by atoms with Crippen LogP contribution in [0.15, 0.2) is 5.38 Å². The molecule has 122 valence electrons. The maximum atomic E-state index is 12.1. The van der Waals surface area contributed by atoms with Crippen LogP contribution in [0.3, 0.4) is 0 Å². The molecule has 0 saturated carbocycles. The Labute approximate surface area is 135 Å². The zero-order valence-corrected chi connectivity index (χ0v) is 14.0. The molecule has 0 aromatic carbocycles. The largest absolute Gasteiger partial charge is 0.373 e. The minimum absolute atomic E-state index is 0.0343. The first-order chi connectivity index (χ1) is 10.6. The van der Waals surface area contributed by atoms with Gasteiger partial charge in [0.25, 0.3) is 0 Å². The van der Waals surface area contributed by atoms with Crippen molar-refractivity contribution in [2.45, 2.75) is 51.5 Å². The third kappa shape index (κ3) is 4.04. The molecule has 1 amide bonds. The minimum atomic E-state index is -0.0618. The van der Waals surface area contributed by atoms with E-state index in [0.29, 0.717) is 5.13 Å². The maximum Gasteiger partial charge on any atom is 0.243 e. The van der Waals surface area contributed by atoms with Crippen LogP contribution in [0.5, 0.6) is 0 Å². The van der Waals surface area contributed by atoms with Gasteiger partial charge in [-0.1, -0.05) is 0 Å². The number of hydrogen-bond donors (Lipinski definition) is 2. The molecule has 1 aromatic heterocycles. The Morgan fingerprint density at radius 3 is 2.95 bits per heavy atom. The first-order valence-electron chi connectivity index (χ1n) is 7.96. The number of morpholine rings is 1. The Morgan fingerprint density at radius 2 is 2.27 bits per heavy atom. The Bertz CT molecular complexity index is 505. The highest BCUT2D eigenvalue weighted by molar-refractivity contribution is 7.13. The molecule has 2 N–H and O–H groups in total. The molecular weight excluding hydrogens is 300 g/mol. The average Bonchev–Trinajstić information content (AvgIpc) is 3.09. The zero-order chi connectivity index (χ0) is 15.5. The molecule has 3 heterocycles. The molecular formula is C15H24N4O2S. The summed E-state index contributed by atoms with van der Waals surface area (Å²) in [5, 5.41) is 8.85. The summed E-state index contributed by atoms with van der Waals surface area (Å²) in [7, 11) is 0. The van der Waals surface area contributed by atoms with Gasteiger partial charge >= 0.3 is 0 Å². The number of carbonyl (C=O) groups is 1. The Hall–Kier alpha value is -1.02. The van der Waals surface area contributed by atoms with E-state index in [0.717, 1.165) is 44.7 Å². The van der Waals surface area contributed by atoms with Gasteiger partial charge in [-0.15, -0.1) is 11.3 Å². The SMILES string of the molecule is CC1CN(Cc2csc(NC(=O)C3CCCN3)n2)CC(C)O1. The van der Waals surface area contributed by atoms with E-state index in [4.69, 9.17) is 4.74 Å². The summed E-state index contributed by atoms with van der Waals surface area (Å²) in [5.41, 5.74) is 1.01. The highest BCUT2D eigenvalue weighted by Crippen LogP contribution is 2.20. The number of rotatable bonds is 4. The topological polar surface area (TPSA) is 66.5 Å². The van der Waals surface area contributed by atoms with Crippen molar-refractivity contribution < 1.29 is 9.53 Å². The lowest BCUT2D eigenvalue weighted by molar-refractivity contribution is -0.117. The molecule has 3 unspecified atom stereocenters. The standard InChI is InChI=1S/C15H24N4O2S/c1-10-6-19(7-11(2)21-10)8-12-9-22-15(17-12)18-14(20)13-4-3-5-16-13/h9-11,13,16H,3-8H2,1-2H3,(H,17,18,20). The molecule has 2 aliphatic rings. The van der Waals surface area contributed by atoms with Crippen molar-refractivity contribution in [3.63, 3.8) is 0 Å². The molecule has 0 radical (unpaired) electrons. The van der Waals surface area contributed by atoms with E-state index in [2.05, 4.69) is 34.4 Å². The van der Waals surface area contributed by atoms with Gasteiger partial charge in [-0.25, -0.2) is 4.98 Å². The van der Waals surface area contributed by atoms with Gasteiger partial charge in [0.05, 0.1) is 23.9 Å². The Morgan fingerprint density at radius 1 is 1.50 bits per heavy atom. The van der Waals surface area contributed by atoms with Gasteiger partial charge in [0, 0.05) is 25.0 Å².